The highest BCUT2D eigenvalue weighted by molar-refractivity contribution is 5.92. The van der Waals surface area contributed by atoms with Gasteiger partial charge < -0.3 is 20.1 Å². The Hall–Kier alpha value is -4.86. The number of anilines is 2. The number of unbranched alkanes of at least 4 members (excludes halogenated alkanes) is 1. The van der Waals surface area contributed by atoms with Crippen molar-refractivity contribution in [2.75, 3.05) is 17.4 Å². The van der Waals surface area contributed by atoms with Crippen LogP contribution in [0.2, 0.25) is 0 Å². The van der Waals surface area contributed by atoms with Crippen molar-refractivity contribution in [2.24, 2.45) is 0 Å². The number of aromatic nitrogens is 2. The fourth-order valence-electron chi connectivity index (χ4n) is 4.34. The fraction of sp³-hybridized carbons (Fsp3) is 0.214. The first kappa shape index (κ1) is 24.8. The molecular formula is C28H26N4O6. The minimum Gasteiger partial charge on any atom is -0.454 e. The molecule has 0 spiro atoms. The maximum atomic E-state index is 13.3. The standard InChI is InChI=1S/C28H26N4O6/c33-25(29-19-8-2-1-3-9-19)12-6-7-15-31-27(35)21-10-4-5-11-22(21)32(28(31)36)17-26(34)30-20-13-14-23-24(16-20)38-18-37-23/h1-5,8-11,13-14,16H,6-7,12,15,17-18H2,(H,29,33)(H,30,34). The Morgan fingerprint density at radius 2 is 1.50 bits per heavy atom. The summed E-state index contributed by atoms with van der Waals surface area (Å²) in [7, 11) is 0. The Balaban J connectivity index is 1.29. The number of nitrogens with one attached hydrogen (secondary N) is 2. The lowest BCUT2D eigenvalue weighted by Crippen LogP contribution is -2.41. The van der Waals surface area contributed by atoms with Crippen molar-refractivity contribution < 1.29 is 19.1 Å². The molecule has 0 fully saturated rings. The molecule has 0 aliphatic carbocycles. The largest absolute Gasteiger partial charge is 0.454 e. The van der Waals surface area contributed by atoms with E-state index in [1.165, 1.54) is 4.57 Å². The summed E-state index contributed by atoms with van der Waals surface area (Å²) < 4.78 is 13.1. The van der Waals surface area contributed by atoms with Crippen LogP contribution in [0.25, 0.3) is 10.9 Å². The Morgan fingerprint density at radius 1 is 0.763 bits per heavy atom. The van der Waals surface area contributed by atoms with Gasteiger partial charge in [0.2, 0.25) is 18.6 Å². The van der Waals surface area contributed by atoms with Gasteiger partial charge in [0, 0.05) is 30.4 Å². The summed E-state index contributed by atoms with van der Waals surface area (Å²) in [5, 5.41) is 5.92. The molecule has 38 heavy (non-hydrogen) atoms. The number of hydrogen-bond donors (Lipinski definition) is 2. The molecule has 0 radical (unpaired) electrons. The van der Waals surface area contributed by atoms with Crippen LogP contribution < -0.4 is 31.4 Å². The molecular weight excluding hydrogens is 488 g/mol. The van der Waals surface area contributed by atoms with Gasteiger partial charge in [0.05, 0.1) is 10.9 Å². The van der Waals surface area contributed by atoms with Gasteiger partial charge >= 0.3 is 5.69 Å². The van der Waals surface area contributed by atoms with Crippen LogP contribution in [0.1, 0.15) is 19.3 Å². The van der Waals surface area contributed by atoms with Crippen LogP contribution in [0.4, 0.5) is 11.4 Å². The molecule has 2 heterocycles. The summed E-state index contributed by atoms with van der Waals surface area (Å²) in [4.78, 5) is 51.5. The highest BCUT2D eigenvalue weighted by atomic mass is 16.7. The maximum Gasteiger partial charge on any atom is 0.331 e. The summed E-state index contributed by atoms with van der Waals surface area (Å²) in [6.07, 6.45) is 1.18. The predicted octanol–water partition coefficient (Wildman–Crippen LogP) is 3.34. The minimum absolute atomic E-state index is 0.118. The van der Waals surface area contributed by atoms with Crippen molar-refractivity contribution in [3.05, 3.63) is 93.6 Å². The lowest BCUT2D eigenvalue weighted by atomic mass is 10.2. The number of rotatable bonds is 9. The number of ether oxygens (including phenoxy) is 2. The molecule has 10 heteroatoms. The van der Waals surface area contributed by atoms with Crippen molar-refractivity contribution in [3.63, 3.8) is 0 Å². The van der Waals surface area contributed by atoms with Gasteiger partial charge in [0.25, 0.3) is 5.56 Å². The number of fused-ring (bicyclic) bond motifs is 2. The highest BCUT2D eigenvalue weighted by Crippen LogP contribution is 2.34. The average Bonchev–Trinajstić information content (AvgIpc) is 3.39. The van der Waals surface area contributed by atoms with Gasteiger partial charge in [0.15, 0.2) is 11.5 Å². The third-order valence-corrected chi connectivity index (χ3v) is 6.18. The maximum absolute atomic E-state index is 13.3. The normalized spacial score (nSPS) is 11.9. The summed E-state index contributed by atoms with van der Waals surface area (Å²) in [5.74, 6) is 0.546. The Morgan fingerprint density at radius 3 is 2.34 bits per heavy atom. The van der Waals surface area contributed by atoms with E-state index in [2.05, 4.69) is 10.6 Å². The zero-order valence-electron chi connectivity index (χ0n) is 20.5. The number of carbonyl (C=O) groups is 2. The van der Waals surface area contributed by atoms with Crippen LogP contribution in [0, 0.1) is 0 Å². The second-order valence-electron chi connectivity index (χ2n) is 8.83. The molecule has 194 valence electrons. The third kappa shape index (κ3) is 5.44. The van der Waals surface area contributed by atoms with Crippen LogP contribution in [0.5, 0.6) is 11.5 Å². The van der Waals surface area contributed by atoms with E-state index in [0.717, 1.165) is 4.57 Å². The molecule has 0 saturated carbocycles. The van der Waals surface area contributed by atoms with Crippen LogP contribution in [0.15, 0.2) is 82.4 Å². The molecule has 1 aromatic heterocycles. The molecule has 10 nitrogen and oxygen atoms in total. The molecule has 1 aliphatic rings. The van der Waals surface area contributed by atoms with Crippen LogP contribution >= 0.6 is 0 Å². The molecule has 0 saturated heterocycles. The summed E-state index contributed by atoms with van der Waals surface area (Å²) in [5.41, 5.74) is 0.584. The topological polar surface area (TPSA) is 121 Å². The van der Waals surface area contributed by atoms with Crippen molar-refractivity contribution in [1.29, 1.82) is 0 Å². The van der Waals surface area contributed by atoms with Crippen molar-refractivity contribution in [1.82, 2.24) is 9.13 Å². The number of carbonyl (C=O) groups excluding carboxylic acids is 2. The zero-order chi connectivity index (χ0) is 26.5. The summed E-state index contributed by atoms with van der Waals surface area (Å²) in [6.45, 7) is -0.0359. The zero-order valence-corrected chi connectivity index (χ0v) is 20.5. The van der Waals surface area contributed by atoms with E-state index < -0.39 is 17.2 Å². The second kappa shape index (κ2) is 11.0. The van der Waals surface area contributed by atoms with E-state index >= 15 is 0 Å². The van der Waals surface area contributed by atoms with Gasteiger partial charge in [-0.3, -0.25) is 23.5 Å². The predicted molar refractivity (Wildman–Crippen MR) is 143 cm³/mol. The van der Waals surface area contributed by atoms with Gasteiger partial charge in [-0.2, -0.15) is 0 Å². The number of benzene rings is 3. The quantitative estimate of drug-likeness (QED) is 0.331. The molecule has 0 atom stereocenters. The van der Waals surface area contributed by atoms with Gasteiger partial charge in [-0.1, -0.05) is 30.3 Å². The summed E-state index contributed by atoms with van der Waals surface area (Å²) in [6, 6.07) is 20.9. The highest BCUT2D eigenvalue weighted by Gasteiger charge is 2.17. The molecule has 4 aromatic rings. The SMILES string of the molecule is O=C(CCCCn1c(=O)c2ccccc2n(CC(=O)Nc2ccc3c(c2)OCO3)c1=O)Nc1ccccc1. The van der Waals surface area contributed by atoms with Crippen LogP contribution in [-0.2, 0) is 22.7 Å². The van der Waals surface area contributed by atoms with Gasteiger partial charge in [-0.25, -0.2) is 4.79 Å². The van der Waals surface area contributed by atoms with Gasteiger partial charge in [-0.05, 0) is 49.2 Å². The molecule has 5 rings (SSSR count). The molecule has 1 aliphatic heterocycles. The van der Waals surface area contributed by atoms with Gasteiger partial charge in [-0.15, -0.1) is 0 Å². The minimum atomic E-state index is -0.580. The van der Waals surface area contributed by atoms with E-state index in [-0.39, 0.29) is 32.2 Å². The number of hydrogen-bond acceptors (Lipinski definition) is 6. The monoisotopic (exact) mass is 514 g/mol. The Labute approximate surface area is 217 Å². The molecule has 3 aromatic carbocycles. The number of amides is 2. The lowest BCUT2D eigenvalue weighted by Gasteiger charge is -2.14. The van der Waals surface area contributed by atoms with Crippen molar-refractivity contribution in [2.45, 2.75) is 32.4 Å². The first-order chi connectivity index (χ1) is 18.5. The van der Waals surface area contributed by atoms with E-state index in [1.54, 1.807) is 54.6 Å². The molecule has 0 unspecified atom stereocenters. The number of nitrogens with zero attached hydrogens (tertiary/aromatic N) is 2. The lowest BCUT2D eigenvalue weighted by molar-refractivity contribution is -0.117. The van der Waals surface area contributed by atoms with E-state index in [4.69, 9.17) is 9.47 Å². The average molecular weight is 515 g/mol. The third-order valence-electron chi connectivity index (χ3n) is 6.18. The smallest absolute Gasteiger partial charge is 0.331 e. The van der Waals surface area contributed by atoms with Crippen LogP contribution in [-0.4, -0.2) is 27.7 Å². The molecule has 0 bridgehead atoms. The fourth-order valence-corrected chi connectivity index (χ4v) is 4.34. The summed E-state index contributed by atoms with van der Waals surface area (Å²) >= 11 is 0. The molecule has 2 N–H and O–H groups in total. The van der Waals surface area contributed by atoms with E-state index in [1.807, 2.05) is 18.2 Å². The van der Waals surface area contributed by atoms with Gasteiger partial charge in [0.1, 0.15) is 6.54 Å². The Kier molecular flexibility index (Phi) is 7.21. The number of para-hydroxylation sites is 2. The van der Waals surface area contributed by atoms with Crippen molar-refractivity contribution >= 4 is 34.1 Å². The van der Waals surface area contributed by atoms with E-state index in [9.17, 15) is 19.2 Å². The van der Waals surface area contributed by atoms with Crippen LogP contribution in [0.3, 0.4) is 0 Å². The second-order valence-corrected chi connectivity index (χ2v) is 8.83. The first-order valence-electron chi connectivity index (χ1n) is 12.3. The van der Waals surface area contributed by atoms with Crippen molar-refractivity contribution in [3.8, 4) is 11.5 Å². The Bertz CT molecular complexity index is 1610. The first-order valence-corrected chi connectivity index (χ1v) is 12.3. The molecule has 2 amide bonds. The van der Waals surface area contributed by atoms with E-state index in [0.29, 0.717) is 46.6 Å².